The Morgan fingerprint density at radius 1 is 1.19 bits per heavy atom. The maximum absolute atomic E-state index is 12.9. The van der Waals surface area contributed by atoms with Gasteiger partial charge in [0.2, 0.25) is 11.8 Å². The summed E-state index contributed by atoms with van der Waals surface area (Å²) >= 11 is 0. The van der Waals surface area contributed by atoms with Crippen LogP contribution in [0.5, 0.6) is 0 Å². The molecule has 1 saturated heterocycles. The second-order valence-corrected chi connectivity index (χ2v) is 7.16. The Hall–Kier alpha value is -1.06. The van der Waals surface area contributed by atoms with E-state index in [1.807, 2.05) is 11.8 Å². The lowest BCUT2D eigenvalue weighted by molar-refractivity contribution is -0.150. The highest BCUT2D eigenvalue weighted by atomic mass is 16.2. The van der Waals surface area contributed by atoms with Crippen LogP contribution in [0, 0.1) is 17.8 Å². The number of carbonyl (C=O) groups excluding carboxylic acids is 2. The summed E-state index contributed by atoms with van der Waals surface area (Å²) in [6, 6.07) is -0.0742. The zero-order valence-corrected chi connectivity index (χ0v) is 13.9. The molecule has 0 radical (unpaired) electrons. The average molecular weight is 294 g/mol. The highest BCUT2D eigenvalue weighted by Crippen LogP contribution is 2.34. The Balaban J connectivity index is 2.19. The summed E-state index contributed by atoms with van der Waals surface area (Å²) in [7, 11) is 0. The van der Waals surface area contributed by atoms with Crippen LogP contribution in [0.4, 0.5) is 0 Å². The lowest BCUT2D eigenvalue weighted by Crippen LogP contribution is -2.64. The molecule has 120 valence electrons. The number of carbonyl (C=O) groups is 2. The van der Waals surface area contributed by atoms with Crippen molar-refractivity contribution in [2.45, 2.75) is 71.9 Å². The number of rotatable bonds is 4. The van der Waals surface area contributed by atoms with Gasteiger partial charge in [0.05, 0.1) is 6.54 Å². The molecule has 1 aliphatic heterocycles. The summed E-state index contributed by atoms with van der Waals surface area (Å²) in [5.41, 5.74) is 0. The van der Waals surface area contributed by atoms with Gasteiger partial charge in [-0.2, -0.15) is 0 Å². The third-order valence-electron chi connectivity index (χ3n) is 5.43. The summed E-state index contributed by atoms with van der Waals surface area (Å²) in [5.74, 6) is 1.45. The number of hydrogen-bond acceptors (Lipinski definition) is 2. The van der Waals surface area contributed by atoms with Crippen molar-refractivity contribution >= 4 is 11.8 Å². The number of hydrogen-bond donors (Lipinski definition) is 1. The quantitative estimate of drug-likeness (QED) is 0.866. The van der Waals surface area contributed by atoms with Crippen LogP contribution in [-0.2, 0) is 9.59 Å². The van der Waals surface area contributed by atoms with Crippen LogP contribution >= 0.6 is 0 Å². The predicted octanol–water partition coefficient (Wildman–Crippen LogP) is 2.57. The minimum absolute atomic E-state index is 0.00739. The van der Waals surface area contributed by atoms with E-state index in [-0.39, 0.29) is 36.4 Å². The molecule has 2 fully saturated rings. The van der Waals surface area contributed by atoms with E-state index >= 15 is 0 Å². The molecule has 0 aromatic rings. The number of amides is 2. The number of nitrogens with zero attached hydrogens (tertiary/aromatic N) is 1. The Labute approximate surface area is 128 Å². The first-order chi connectivity index (χ1) is 9.95. The van der Waals surface area contributed by atoms with E-state index in [0.29, 0.717) is 11.8 Å². The van der Waals surface area contributed by atoms with Crippen molar-refractivity contribution in [3.8, 4) is 0 Å². The molecular weight excluding hydrogens is 264 g/mol. The van der Waals surface area contributed by atoms with Crippen LogP contribution < -0.4 is 5.32 Å². The average Bonchev–Trinajstić information content (AvgIpc) is 2.48. The molecule has 4 unspecified atom stereocenters. The van der Waals surface area contributed by atoms with E-state index in [0.717, 1.165) is 12.8 Å². The Morgan fingerprint density at radius 3 is 2.48 bits per heavy atom. The summed E-state index contributed by atoms with van der Waals surface area (Å²) in [6.07, 6.45) is 5.56. The molecule has 0 aromatic heterocycles. The largest absolute Gasteiger partial charge is 0.342 e. The van der Waals surface area contributed by atoms with E-state index < -0.39 is 0 Å². The molecule has 4 nitrogen and oxygen atoms in total. The van der Waals surface area contributed by atoms with Crippen molar-refractivity contribution in [2.75, 3.05) is 6.54 Å². The lowest BCUT2D eigenvalue weighted by atomic mass is 9.76. The highest BCUT2D eigenvalue weighted by Gasteiger charge is 2.42. The van der Waals surface area contributed by atoms with E-state index in [1.54, 1.807) is 0 Å². The van der Waals surface area contributed by atoms with Gasteiger partial charge in [-0.3, -0.25) is 9.59 Å². The summed E-state index contributed by atoms with van der Waals surface area (Å²) in [6.45, 7) is 8.85. The monoisotopic (exact) mass is 294 g/mol. The lowest BCUT2D eigenvalue weighted by Gasteiger charge is -2.45. The molecule has 2 rings (SSSR count). The van der Waals surface area contributed by atoms with E-state index in [2.05, 4.69) is 26.1 Å². The first-order valence-electron chi connectivity index (χ1n) is 8.55. The first kappa shape index (κ1) is 16.3. The fraction of sp³-hybridized carbons (Fsp3) is 0.882. The van der Waals surface area contributed by atoms with Gasteiger partial charge in [-0.25, -0.2) is 0 Å². The minimum Gasteiger partial charge on any atom is -0.342 e. The molecule has 21 heavy (non-hydrogen) atoms. The predicted molar refractivity (Wildman–Crippen MR) is 83.7 cm³/mol. The zero-order chi connectivity index (χ0) is 15.6. The van der Waals surface area contributed by atoms with E-state index in [1.165, 1.54) is 19.3 Å². The second-order valence-electron chi connectivity index (χ2n) is 7.16. The molecule has 2 amide bonds. The molecule has 0 aromatic carbocycles. The molecule has 0 bridgehead atoms. The zero-order valence-electron chi connectivity index (χ0n) is 13.9. The molecule has 1 aliphatic carbocycles. The van der Waals surface area contributed by atoms with Crippen molar-refractivity contribution in [3.63, 3.8) is 0 Å². The van der Waals surface area contributed by atoms with Crippen molar-refractivity contribution in [2.24, 2.45) is 17.8 Å². The normalized spacial score (nSPS) is 32.2. The molecule has 2 aliphatic rings. The van der Waals surface area contributed by atoms with Crippen LogP contribution in [0.25, 0.3) is 0 Å². The molecule has 4 atom stereocenters. The van der Waals surface area contributed by atoms with Gasteiger partial charge in [0, 0.05) is 6.04 Å². The number of nitrogens with one attached hydrogen (secondary N) is 1. The Bertz CT molecular complexity index is 394. The van der Waals surface area contributed by atoms with Gasteiger partial charge >= 0.3 is 0 Å². The van der Waals surface area contributed by atoms with E-state index in [9.17, 15) is 9.59 Å². The molecule has 1 heterocycles. The summed E-state index contributed by atoms with van der Waals surface area (Å²) < 4.78 is 0. The topological polar surface area (TPSA) is 49.4 Å². The maximum atomic E-state index is 12.9. The van der Waals surface area contributed by atoms with Crippen LogP contribution in [0.1, 0.15) is 59.8 Å². The van der Waals surface area contributed by atoms with Gasteiger partial charge in [-0.05, 0) is 30.6 Å². The third kappa shape index (κ3) is 3.41. The SMILES string of the molecule is CCC(C)C1NC(=O)CN(C2CCCCC2C(C)C)C1=O. The van der Waals surface area contributed by atoms with Gasteiger partial charge < -0.3 is 10.2 Å². The molecular formula is C17H30N2O2. The number of piperazine rings is 1. The van der Waals surface area contributed by atoms with Crippen LogP contribution in [0.15, 0.2) is 0 Å². The third-order valence-corrected chi connectivity index (χ3v) is 5.43. The van der Waals surface area contributed by atoms with E-state index in [4.69, 9.17) is 0 Å². The first-order valence-corrected chi connectivity index (χ1v) is 8.55. The molecule has 1 N–H and O–H groups in total. The van der Waals surface area contributed by atoms with Crippen LogP contribution in [0.2, 0.25) is 0 Å². The van der Waals surface area contributed by atoms with Gasteiger partial charge in [0.25, 0.3) is 0 Å². The summed E-state index contributed by atoms with van der Waals surface area (Å²) in [4.78, 5) is 26.8. The maximum Gasteiger partial charge on any atom is 0.246 e. The molecule has 1 saturated carbocycles. The summed E-state index contributed by atoms with van der Waals surface area (Å²) in [5, 5.41) is 2.90. The van der Waals surface area contributed by atoms with Crippen LogP contribution in [0.3, 0.4) is 0 Å². The minimum atomic E-state index is -0.328. The van der Waals surface area contributed by atoms with Gasteiger partial charge in [0.15, 0.2) is 0 Å². The Kier molecular flexibility index (Phi) is 5.28. The molecule has 0 spiro atoms. The molecule has 4 heteroatoms. The highest BCUT2D eigenvalue weighted by molar-refractivity contribution is 5.95. The van der Waals surface area contributed by atoms with Crippen molar-refractivity contribution in [3.05, 3.63) is 0 Å². The van der Waals surface area contributed by atoms with Gasteiger partial charge in [-0.15, -0.1) is 0 Å². The van der Waals surface area contributed by atoms with Crippen LogP contribution in [-0.4, -0.2) is 35.3 Å². The fourth-order valence-corrected chi connectivity index (χ4v) is 3.90. The Morgan fingerprint density at radius 2 is 1.86 bits per heavy atom. The van der Waals surface area contributed by atoms with Gasteiger partial charge in [0.1, 0.15) is 6.04 Å². The van der Waals surface area contributed by atoms with Gasteiger partial charge in [-0.1, -0.05) is 47.0 Å². The van der Waals surface area contributed by atoms with Crippen molar-refractivity contribution in [1.29, 1.82) is 0 Å². The smallest absolute Gasteiger partial charge is 0.246 e. The second kappa shape index (κ2) is 6.80. The fourth-order valence-electron chi connectivity index (χ4n) is 3.90. The standard InChI is InChI=1S/C17H30N2O2/c1-5-12(4)16-17(21)19(10-15(20)18-16)14-9-7-6-8-13(14)11(2)3/h11-14,16H,5-10H2,1-4H3,(H,18,20). The van der Waals surface area contributed by atoms with Crippen molar-refractivity contribution < 1.29 is 9.59 Å². The van der Waals surface area contributed by atoms with Crippen molar-refractivity contribution in [1.82, 2.24) is 10.2 Å².